The van der Waals surface area contributed by atoms with Crippen molar-refractivity contribution in [1.82, 2.24) is 0 Å². The first kappa shape index (κ1) is 50.3. The highest BCUT2D eigenvalue weighted by molar-refractivity contribution is 5.71. The minimum atomic E-state index is -0.810. The molecule has 0 spiro atoms. The number of carbonyl (C=O) groups is 3. The predicted molar refractivity (Wildman–Crippen MR) is 228 cm³/mol. The second kappa shape index (κ2) is 42.1. The van der Waals surface area contributed by atoms with Gasteiger partial charge in [-0.3, -0.25) is 14.4 Å². The summed E-state index contributed by atoms with van der Waals surface area (Å²) in [4.78, 5) is 37.5. The molecule has 0 aliphatic carbocycles. The Hall–Kier alpha value is -3.67. The summed E-state index contributed by atoms with van der Waals surface area (Å²) in [5, 5.41) is 0. The Morgan fingerprint density at radius 2 is 0.778 bits per heavy atom. The lowest BCUT2D eigenvalue weighted by Crippen LogP contribution is -2.30. The first-order valence-electron chi connectivity index (χ1n) is 21.3. The van der Waals surface area contributed by atoms with Crippen molar-refractivity contribution in [2.75, 3.05) is 13.2 Å². The van der Waals surface area contributed by atoms with E-state index < -0.39 is 6.10 Å². The monoisotopic (exact) mass is 749 g/mol. The Balaban J connectivity index is 4.51. The van der Waals surface area contributed by atoms with Gasteiger partial charge in [-0.15, -0.1) is 0 Å². The van der Waals surface area contributed by atoms with Crippen molar-refractivity contribution in [2.45, 2.75) is 175 Å². The van der Waals surface area contributed by atoms with Gasteiger partial charge in [0.2, 0.25) is 0 Å². The maximum Gasteiger partial charge on any atom is 0.306 e. The van der Waals surface area contributed by atoms with Gasteiger partial charge in [-0.05, 0) is 77.0 Å². The topological polar surface area (TPSA) is 78.9 Å². The van der Waals surface area contributed by atoms with Crippen LogP contribution in [0.3, 0.4) is 0 Å². The van der Waals surface area contributed by atoms with Crippen LogP contribution in [0.5, 0.6) is 0 Å². The number of ether oxygens (including phenoxy) is 3. The molecule has 0 amide bonds. The van der Waals surface area contributed by atoms with Crippen LogP contribution in [0, 0.1) is 0 Å². The lowest BCUT2D eigenvalue weighted by molar-refractivity contribution is -0.167. The summed E-state index contributed by atoms with van der Waals surface area (Å²) in [6, 6.07) is 0. The summed E-state index contributed by atoms with van der Waals surface area (Å²) in [6.07, 6.45) is 54.0. The van der Waals surface area contributed by atoms with Crippen molar-refractivity contribution in [2.24, 2.45) is 0 Å². The Morgan fingerprint density at radius 3 is 1.31 bits per heavy atom. The van der Waals surface area contributed by atoms with Crippen LogP contribution in [0.4, 0.5) is 0 Å². The molecule has 0 saturated carbocycles. The maximum atomic E-state index is 12.6. The van der Waals surface area contributed by atoms with E-state index in [1.807, 2.05) is 60.8 Å². The minimum Gasteiger partial charge on any atom is -0.462 e. The average Bonchev–Trinajstić information content (AvgIpc) is 3.17. The summed E-state index contributed by atoms with van der Waals surface area (Å²) in [5.41, 5.74) is 0. The summed E-state index contributed by atoms with van der Waals surface area (Å²) < 4.78 is 16.5. The summed E-state index contributed by atoms with van der Waals surface area (Å²) in [5.74, 6) is -1.02. The Labute approximate surface area is 330 Å². The van der Waals surface area contributed by atoms with Crippen LogP contribution in [0.25, 0.3) is 0 Å². The second-order valence-electron chi connectivity index (χ2n) is 13.7. The molecular formula is C48H76O6. The van der Waals surface area contributed by atoms with Gasteiger partial charge in [-0.2, -0.15) is 0 Å². The second-order valence-corrected chi connectivity index (χ2v) is 13.7. The molecule has 0 radical (unpaired) electrons. The van der Waals surface area contributed by atoms with Crippen molar-refractivity contribution >= 4 is 17.9 Å². The van der Waals surface area contributed by atoms with E-state index in [-0.39, 0.29) is 31.1 Å². The van der Waals surface area contributed by atoms with Crippen molar-refractivity contribution in [3.63, 3.8) is 0 Å². The molecule has 304 valence electrons. The lowest BCUT2D eigenvalue weighted by atomic mass is 10.1. The molecule has 6 heteroatoms. The van der Waals surface area contributed by atoms with Crippen molar-refractivity contribution in [3.05, 3.63) is 97.2 Å². The van der Waals surface area contributed by atoms with Crippen LogP contribution >= 0.6 is 0 Å². The standard InChI is InChI=1S/C48H76O6/c1-4-7-10-13-16-19-21-22-23-24-25-26-27-30-32-35-38-41-47(50)53-44-45(43-52-46(49)40-37-34-31-28-18-15-12-9-6-3)54-48(51)42-39-36-33-29-20-17-14-11-8-5-2/h7,10,13-14,16-17,19,21-28,31,45H,4-6,8-9,11-12,15,18,20,29-30,32-44H2,1-3H3/b10-7-,16-13-,17-14-,21-19-,23-22-,25-24+,27-26-,31-28-. The number of unbranched alkanes of at least 4 members (excludes halogenated alkanes) is 14. The zero-order valence-corrected chi connectivity index (χ0v) is 34.4. The molecule has 0 N–H and O–H groups in total. The molecule has 1 unspecified atom stereocenters. The van der Waals surface area contributed by atoms with Gasteiger partial charge < -0.3 is 14.2 Å². The van der Waals surface area contributed by atoms with E-state index in [0.29, 0.717) is 25.7 Å². The zero-order valence-electron chi connectivity index (χ0n) is 34.4. The highest BCUT2D eigenvalue weighted by atomic mass is 16.6. The van der Waals surface area contributed by atoms with Crippen LogP contribution in [0.2, 0.25) is 0 Å². The molecule has 1 atom stereocenters. The van der Waals surface area contributed by atoms with Gasteiger partial charge in [0.15, 0.2) is 6.10 Å². The van der Waals surface area contributed by atoms with Crippen LogP contribution < -0.4 is 0 Å². The van der Waals surface area contributed by atoms with E-state index in [0.717, 1.165) is 83.5 Å². The third-order valence-corrected chi connectivity index (χ3v) is 8.45. The maximum absolute atomic E-state index is 12.6. The molecule has 0 fully saturated rings. The van der Waals surface area contributed by atoms with E-state index in [1.165, 1.54) is 38.5 Å². The zero-order chi connectivity index (χ0) is 39.4. The van der Waals surface area contributed by atoms with E-state index >= 15 is 0 Å². The molecule has 0 aromatic carbocycles. The fourth-order valence-electron chi connectivity index (χ4n) is 5.22. The van der Waals surface area contributed by atoms with Gasteiger partial charge in [-0.1, -0.05) is 169 Å². The molecule has 0 aliphatic heterocycles. The fraction of sp³-hybridized carbons (Fsp3) is 0.604. The van der Waals surface area contributed by atoms with Crippen molar-refractivity contribution in [3.8, 4) is 0 Å². The molecule has 6 nitrogen and oxygen atoms in total. The number of hydrogen-bond donors (Lipinski definition) is 0. The lowest BCUT2D eigenvalue weighted by Gasteiger charge is -2.18. The molecule has 0 aromatic heterocycles. The molecule has 54 heavy (non-hydrogen) atoms. The van der Waals surface area contributed by atoms with Crippen LogP contribution in [0.1, 0.15) is 168 Å². The van der Waals surface area contributed by atoms with E-state index in [4.69, 9.17) is 14.2 Å². The normalized spacial score (nSPS) is 13.0. The first-order chi connectivity index (χ1) is 26.5. The predicted octanol–water partition coefficient (Wildman–Crippen LogP) is 13.5. The summed E-state index contributed by atoms with van der Waals surface area (Å²) in [7, 11) is 0. The molecule has 0 bridgehead atoms. The highest BCUT2D eigenvalue weighted by Crippen LogP contribution is 2.11. The summed E-state index contributed by atoms with van der Waals surface area (Å²) >= 11 is 0. The van der Waals surface area contributed by atoms with E-state index in [2.05, 4.69) is 57.2 Å². The largest absolute Gasteiger partial charge is 0.462 e. The quantitative estimate of drug-likeness (QED) is 0.0209. The van der Waals surface area contributed by atoms with Gasteiger partial charge in [0.25, 0.3) is 0 Å². The molecule has 0 saturated heterocycles. The van der Waals surface area contributed by atoms with Crippen LogP contribution in [-0.2, 0) is 28.6 Å². The van der Waals surface area contributed by atoms with E-state index in [1.54, 1.807) is 0 Å². The van der Waals surface area contributed by atoms with Crippen molar-refractivity contribution < 1.29 is 28.6 Å². The molecule has 0 aliphatic rings. The van der Waals surface area contributed by atoms with Crippen LogP contribution in [-0.4, -0.2) is 37.2 Å². The minimum absolute atomic E-state index is 0.114. The smallest absolute Gasteiger partial charge is 0.306 e. The first-order valence-corrected chi connectivity index (χ1v) is 21.3. The number of hydrogen-bond acceptors (Lipinski definition) is 6. The SMILES string of the molecule is CC\C=C/C=C\C=C/C=C\C=C\C=C/CCCCCC(=O)OCC(COC(=O)CCC/C=C\CCCCCC)OC(=O)CCCCCC/C=C\CCCC. The molecule has 0 aromatic rings. The van der Waals surface area contributed by atoms with Gasteiger partial charge in [0, 0.05) is 19.3 Å². The van der Waals surface area contributed by atoms with E-state index in [9.17, 15) is 14.4 Å². The third kappa shape index (κ3) is 39.5. The number of rotatable bonds is 36. The van der Waals surface area contributed by atoms with Gasteiger partial charge in [0.05, 0.1) is 0 Å². The molecule has 0 heterocycles. The van der Waals surface area contributed by atoms with Gasteiger partial charge in [-0.25, -0.2) is 0 Å². The van der Waals surface area contributed by atoms with Crippen LogP contribution in [0.15, 0.2) is 97.2 Å². The third-order valence-electron chi connectivity index (χ3n) is 8.45. The fourth-order valence-corrected chi connectivity index (χ4v) is 5.22. The van der Waals surface area contributed by atoms with Gasteiger partial charge in [0.1, 0.15) is 13.2 Å². The molecular weight excluding hydrogens is 673 g/mol. The van der Waals surface area contributed by atoms with Crippen molar-refractivity contribution in [1.29, 1.82) is 0 Å². The number of esters is 3. The van der Waals surface area contributed by atoms with Gasteiger partial charge >= 0.3 is 17.9 Å². The number of allylic oxidation sites excluding steroid dienone is 16. The molecule has 0 rings (SSSR count). The summed E-state index contributed by atoms with van der Waals surface area (Å²) in [6.45, 7) is 6.30. The Morgan fingerprint density at radius 1 is 0.389 bits per heavy atom. The number of carbonyl (C=O) groups excluding carboxylic acids is 3. The highest BCUT2D eigenvalue weighted by Gasteiger charge is 2.19. The Kier molecular flexibility index (Phi) is 39.2. The Bertz CT molecular complexity index is 1140. The average molecular weight is 749 g/mol.